The van der Waals surface area contributed by atoms with Crippen LogP contribution in [0.4, 0.5) is 5.69 Å². The maximum absolute atomic E-state index is 14.1. The lowest BCUT2D eigenvalue weighted by atomic mass is 10.1. The third-order valence-corrected chi connectivity index (χ3v) is 8.81. The van der Waals surface area contributed by atoms with Crippen molar-refractivity contribution < 1.29 is 22.7 Å². The summed E-state index contributed by atoms with van der Waals surface area (Å²) < 4.78 is 34.2. The van der Waals surface area contributed by atoms with Gasteiger partial charge in [0.1, 0.15) is 18.3 Å². The van der Waals surface area contributed by atoms with Gasteiger partial charge < -0.3 is 15.0 Å². The topological polar surface area (TPSA) is 96.0 Å². The SMILES string of the molecule is CCCCNC(=O)C(CC)N(Cc1ccccc1)C(=O)CN(c1ccc(OC)c(Cl)c1)S(=O)(=O)c1ccc(C)cc1. The molecule has 3 aromatic rings. The van der Waals surface area contributed by atoms with E-state index in [2.05, 4.69) is 5.32 Å². The molecule has 0 aliphatic heterocycles. The fraction of sp³-hybridized carbons (Fsp3) is 0.355. The summed E-state index contributed by atoms with van der Waals surface area (Å²) in [4.78, 5) is 28.8. The van der Waals surface area contributed by atoms with E-state index in [4.69, 9.17) is 16.3 Å². The number of benzene rings is 3. The van der Waals surface area contributed by atoms with Crippen LogP contribution in [-0.4, -0.2) is 51.4 Å². The van der Waals surface area contributed by atoms with Gasteiger partial charge in [0.05, 0.1) is 22.7 Å². The molecule has 0 bridgehead atoms. The Hall–Kier alpha value is -3.56. The van der Waals surface area contributed by atoms with Gasteiger partial charge in [0, 0.05) is 13.1 Å². The van der Waals surface area contributed by atoms with Crippen molar-refractivity contribution in [2.24, 2.45) is 0 Å². The highest BCUT2D eigenvalue weighted by atomic mass is 35.5. The molecule has 3 rings (SSSR count). The number of halogens is 1. The smallest absolute Gasteiger partial charge is 0.264 e. The number of carbonyl (C=O) groups excluding carboxylic acids is 2. The lowest BCUT2D eigenvalue weighted by Crippen LogP contribution is -2.52. The van der Waals surface area contributed by atoms with E-state index in [0.717, 1.165) is 28.3 Å². The van der Waals surface area contributed by atoms with Crippen molar-refractivity contribution in [1.82, 2.24) is 10.2 Å². The Bertz CT molecular complexity index is 1420. The summed E-state index contributed by atoms with van der Waals surface area (Å²) in [6, 6.07) is 19.5. The van der Waals surface area contributed by atoms with Crippen molar-refractivity contribution in [3.63, 3.8) is 0 Å². The van der Waals surface area contributed by atoms with E-state index in [0.29, 0.717) is 18.7 Å². The second kappa shape index (κ2) is 14.9. The normalized spacial score (nSPS) is 11.9. The largest absolute Gasteiger partial charge is 0.495 e. The van der Waals surface area contributed by atoms with Gasteiger partial charge in [-0.25, -0.2) is 8.42 Å². The first-order valence-corrected chi connectivity index (χ1v) is 15.5. The third-order valence-electron chi connectivity index (χ3n) is 6.72. The van der Waals surface area contributed by atoms with E-state index in [-0.39, 0.29) is 28.1 Å². The minimum absolute atomic E-state index is 0.0294. The van der Waals surface area contributed by atoms with Gasteiger partial charge in [-0.15, -0.1) is 0 Å². The maximum atomic E-state index is 14.1. The number of unbranched alkanes of at least 4 members (excludes halogenated alkanes) is 1. The van der Waals surface area contributed by atoms with Gasteiger partial charge in [-0.05, 0) is 55.7 Å². The molecule has 0 aromatic heterocycles. The molecular formula is C31H38ClN3O5S. The quantitative estimate of drug-likeness (QED) is 0.244. The van der Waals surface area contributed by atoms with E-state index >= 15 is 0 Å². The molecule has 0 aliphatic rings. The first-order chi connectivity index (χ1) is 19.6. The number of anilines is 1. The number of nitrogens with zero attached hydrogens (tertiary/aromatic N) is 2. The van der Waals surface area contributed by atoms with Gasteiger partial charge >= 0.3 is 0 Å². The molecule has 1 unspecified atom stereocenters. The van der Waals surface area contributed by atoms with Crippen LogP contribution >= 0.6 is 11.6 Å². The van der Waals surface area contributed by atoms with E-state index in [9.17, 15) is 18.0 Å². The van der Waals surface area contributed by atoms with E-state index < -0.39 is 28.5 Å². The lowest BCUT2D eigenvalue weighted by Gasteiger charge is -2.33. The van der Waals surface area contributed by atoms with E-state index in [1.807, 2.05) is 51.1 Å². The molecule has 0 heterocycles. The zero-order valence-corrected chi connectivity index (χ0v) is 25.5. The number of ether oxygens (including phenoxy) is 1. The van der Waals surface area contributed by atoms with Crippen molar-refractivity contribution in [3.05, 3.63) is 88.9 Å². The van der Waals surface area contributed by atoms with Gasteiger partial charge in [0.15, 0.2) is 0 Å². The first-order valence-electron chi connectivity index (χ1n) is 13.7. The van der Waals surface area contributed by atoms with Gasteiger partial charge in [0.2, 0.25) is 11.8 Å². The van der Waals surface area contributed by atoms with Gasteiger partial charge in [0.25, 0.3) is 10.0 Å². The first kappa shape index (κ1) is 32.0. The average Bonchev–Trinajstić information content (AvgIpc) is 2.96. The molecule has 0 fully saturated rings. The number of sulfonamides is 1. The fourth-order valence-corrected chi connectivity index (χ4v) is 6.04. The Morgan fingerprint density at radius 2 is 1.68 bits per heavy atom. The van der Waals surface area contributed by atoms with Gasteiger partial charge in [-0.2, -0.15) is 0 Å². The van der Waals surface area contributed by atoms with Crippen molar-refractivity contribution in [2.45, 2.75) is 57.5 Å². The second-order valence-corrected chi connectivity index (χ2v) is 12.0. The Morgan fingerprint density at radius 1 is 1.00 bits per heavy atom. The number of hydrogen-bond donors (Lipinski definition) is 1. The predicted octanol–water partition coefficient (Wildman–Crippen LogP) is 5.58. The number of rotatable bonds is 14. The van der Waals surface area contributed by atoms with Crippen molar-refractivity contribution in [3.8, 4) is 5.75 Å². The summed E-state index contributed by atoms with van der Waals surface area (Å²) in [5.41, 5.74) is 1.92. The van der Waals surface area contributed by atoms with Crippen LogP contribution in [0, 0.1) is 6.92 Å². The van der Waals surface area contributed by atoms with Gasteiger partial charge in [-0.3, -0.25) is 13.9 Å². The van der Waals surface area contributed by atoms with Crippen LogP contribution in [0.15, 0.2) is 77.7 Å². The minimum Gasteiger partial charge on any atom is -0.495 e. The molecule has 41 heavy (non-hydrogen) atoms. The molecule has 0 aliphatic carbocycles. The van der Waals surface area contributed by atoms with Crippen LogP contribution in [0.2, 0.25) is 5.02 Å². The summed E-state index contributed by atoms with van der Waals surface area (Å²) >= 11 is 6.38. The molecule has 0 saturated heterocycles. The summed E-state index contributed by atoms with van der Waals surface area (Å²) in [7, 11) is -2.73. The van der Waals surface area contributed by atoms with Crippen LogP contribution in [-0.2, 0) is 26.2 Å². The molecule has 1 atom stereocenters. The standard InChI is InChI=1S/C31H38ClN3O5S/c1-5-7-19-33-31(37)28(6-2)34(21-24-11-9-8-10-12-24)30(36)22-35(25-15-18-29(40-4)27(32)20-25)41(38,39)26-16-13-23(3)14-17-26/h8-18,20,28H,5-7,19,21-22H2,1-4H3,(H,33,37). The molecule has 10 heteroatoms. The summed E-state index contributed by atoms with van der Waals surface area (Å²) in [6.07, 6.45) is 2.09. The molecule has 2 amide bonds. The molecule has 1 N–H and O–H groups in total. The van der Waals surface area contributed by atoms with E-state index in [1.165, 1.54) is 30.2 Å². The Kier molecular flexibility index (Phi) is 11.6. The lowest BCUT2D eigenvalue weighted by molar-refractivity contribution is -0.140. The fourth-order valence-electron chi connectivity index (χ4n) is 4.38. The molecule has 0 radical (unpaired) electrons. The Morgan fingerprint density at radius 3 is 2.27 bits per heavy atom. The molecular weight excluding hydrogens is 562 g/mol. The van der Waals surface area contributed by atoms with Crippen LogP contribution in [0.1, 0.15) is 44.2 Å². The number of hydrogen-bond acceptors (Lipinski definition) is 5. The molecule has 0 spiro atoms. The highest BCUT2D eigenvalue weighted by Gasteiger charge is 2.33. The number of aryl methyl sites for hydroxylation is 1. The van der Waals surface area contributed by atoms with Gasteiger partial charge in [-0.1, -0.05) is 79.9 Å². The van der Waals surface area contributed by atoms with Crippen molar-refractivity contribution in [1.29, 1.82) is 0 Å². The van der Waals surface area contributed by atoms with Crippen LogP contribution < -0.4 is 14.4 Å². The predicted molar refractivity (Wildman–Crippen MR) is 163 cm³/mol. The highest BCUT2D eigenvalue weighted by molar-refractivity contribution is 7.92. The van der Waals surface area contributed by atoms with Crippen LogP contribution in [0.5, 0.6) is 5.75 Å². The number of carbonyl (C=O) groups is 2. The number of amides is 2. The van der Waals surface area contributed by atoms with Crippen molar-refractivity contribution >= 4 is 39.1 Å². The summed E-state index contributed by atoms with van der Waals surface area (Å²) in [5, 5.41) is 3.12. The highest BCUT2D eigenvalue weighted by Crippen LogP contribution is 2.32. The molecule has 3 aromatic carbocycles. The number of methoxy groups -OCH3 is 1. The zero-order chi connectivity index (χ0) is 30.0. The van der Waals surface area contributed by atoms with E-state index in [1.54, 1.807) is 24.3 Å². The second-order valence-electron chi connectivity index (χ2n) is 9.72. The molecule has 220 valence electrons. The average molecular weight is 600 g/mol. The molecule has 0 saturated carbocycles. The summed E-state index contributed by atoms with van der Waals surface area (Å²) in [6.45, 7) is 5.82. The van der Waals surface area contributed by atoms with Crippen LogP contribution in [0.25, 0.3) is 0 Å². The van der Waals surface area contributed by atoms with Crippen molar-refractivity contribution in [2.75, 3.05) is 24.5 Å². The summed E-state index contributed by atoms with van der Waals surface area (Å²) in [5.74, 6) is -0.422. The molecule has 8 nitrogen and oxygen atoms in total. The zero-order valence-electron chi connectivity index (χ0n) is 24.0. The Balaban J connectivity index is 2.05. The third kappa shape index (κ3) is 8.24. The maximum Gasteiger partial charge on any atom is 0.264 e. The number of nitrogens with one attached hydrogen (secondary N) is 1. The Labute approximate surface area is 248 Å². The minimum atomic E-state index is -4.19. The monoisotopic (exact) mass is 599 g/mol. The van der Waals surface area contributed by atoms with Crippen LogP contribution in [0.3, 0.4) is 0 Å².